The van der Waals surface area contributed by atoms with Gasteiger partial charge in [0, 0.05) is 48.9 Å². The lowest BCUT2D eigenvalue weighted by Crippen LogP contribution is -2.40. The second-order valence-electron chi connectivity index (χ2n) is 19.0. The summed E-state index contributed by atoms with van der Waals surface area (Å²) in [6.07, 6.45) is -0.0963. The Kier molecular flexibility index (Phi) is 12.4. The van der Waals surface area contributed by atoms with Crippen molar-refractivity contribution in [1.29, 1.82) is 0 Å². The third kappa shape index (κ3) is 10.7. The van der Waals surface area contributed by atoms with Crippen molar-refractivity contribution in [2.45, 2.75) is 97.4 Å². The van der Waals surface area contributed by atoms with Gasteiger partial charge >= 0.3 is 12.4 Å². The number of amides is 2. The number of ether oxygens (including phenoxy) is 1. The Morgan fingerprint density at radius 1 is 0.697 bits per heavy atom. The average Bonchev–Trinajstić information content (AvgIpc) is 4.00. The first-order valence-corrected chi connectivity index (χ1v) is 24.4. The van der Waals surface area contributed by atoms with E-state index in [4.69, 9.17) is 4.74 Å². The zero-order valence-electron chi connectivity index (χ0n) is 37.6. The highest BCUT2D eigenvalue weighted by Crippen LogP contribution is 2.34. The van der Waals surface area contributed by atoms with Gasteiger partial charge in [0.25, 0.3) is 11.8 Å². The number of H-pyrrole nitrogens is 1. The molecule has 0 unspecified atom stereocenters. The molecule has 0 aliphatic carbocycles. The van der Waals surface area contributed by atoms with Gasteiger partial charge in [0.15, 0.2) is 22.9 Å². The fraction of sp³-hybridized carbons (Fsp3) is 0.364. The van der Waals surface area contributed by atoms with Gasteiger partial charge in [0.05, 0.1) is 58.1 Å². The predicted octanol–water partition coefficient (Wildman–Crippen LogP) is 9.47. The minimum absolute atomic E-state index is 0.192. The SMILES string of the molecule is CC(C)(C)NC(=O)c1c[nH]c2ncc(-n3ncc4ccc(C(F)(F)F)cc43)nc12.CC(C)(C)NC(=O)c1cn(COCC[Si](C)(C)C)c2ncc(-n3ncc4ccc(C(F)(F)F)cc43)nc12. The van der Waals surface area contributed by atoms with Crippen LogP contribution in [-0.4, -0.2) is 86.6 Å². The lowest BCUT2D eigenvalue weighted by molar-refractivity contribution is -0.138. The highest BCUT2D eigenvalue weighted by atomic mass is 28.3. The fourth-order valence-corrected chi connectivity index (χ4v) is 7.43. The van der Waals surface area contributed by atoms with Gasteiger partial charge in [-0.05, 0) is 71.9 Å². The van der Waals surface area contributed by atoms with Crippen LogP contribution < -0.4 is 10.6 Å². The van der Waals surface area contributed by atoms with Crippen molar-refractivity contribution in [2.75, 3.05) is 6.61 Å². The predicted molar refractivity (Wildman–Crippen MR) is 239 cm³/mol. The molecule has 6 aromatic heterocycles. The molecule has 0 bridgehead atoms. The number of halogens is 6. The number of rotatable bonds is 9. The molecule has 8 aromatic rings. The average molecular weight is 935 g/mol. The van der Waals surface area contributed by atoms with Gasteiger partial charge in [-0.3, -0.25) is 9.59 Å². The molecule has 0 aliphatic rings. The molecule has 0 saturated heterocycles. The molecule has 0 spiro atoms. The third-order valence-electron chi connectivity index (χ3n) is 9.84. The van der Waals surface area contributed by atoms with Crippen molar-refractivity contribution in [3.05, 3.63) is 95.8 Å². The van der Waals surface area contributed by atoms with Gasteiger partial charge < -0.3 is 24.9 Å². The number of hydrogen-bond acceptors (Lipinski definition) is 9. The number of aromatic amines is 1. The van der Waals surface area contributed by atoms with E-state index < -0.39 is 42.6 Å². The van der Waals surface area contributed by atoms with E-state index in [0.717, 1.165) is 30.3 Å². The molecule has 0 fully saturated rings. The number of aromatic nitrogens is 10. The molecule has 0 saturated carbocycles. The van der Waals surface area contributed by atoms with Gasteiger partial charge in [-0.15, -0.1) is 0 Å². The van der Waals surface area contributed by atoms with E-state index in [9.17, 15) is 35.9 Å². The molecule has 2 amide bonds. The van der Waals surface area contributed by atoms with Crippen LogP contribution in [0.2, 0.25) is 25.7 Å². The summed E-state index contributed by atoms with van der Waals surface area (Å²) in [6, 6.07) is 7.77. The summed E-state index contributed by atoms with van der Waals surface area (Å²) in [6.45, 7) is 18.7. The van der Waals surface area contributed by atoms with Crippen LogP contribution in [-0.2, 0) is 23.8 Å². The highest BCUT2D eigenvalue weighted by Gasteiger charge is 2.32. The lowest BCUT2D eigenvalue weighted by atomic mass is 10.1. The molecule has 348 valence electrons. The van der Waals surface area contributed by atoms with E-state index in [1.807, 2.05) is 41.5 Å². The first-order valence-electron chi connectivity index (χ1n) is 20.7. The number of carbonyl (C=O) groups excluding carboxylic acids is 2. The van der Waals surface area contributed by atoms with E-state index in [-0.39, 0.29) is 46.8 Å². The quantitative estimate of drug-likeness (QED) is 0.0723. The van der Waals surface area contributed by atoms with Crippen molar-refractivity contribution in [3.63, 3.8) is 0 Å². The first kappa shape index (κ1) is 47.3. The molecule has 0 aliphatic heterocycles. The summed E-state index contributed by atoms with van der Waals surface area (Å²) < 4.78 is 89.4. The summed E-state index contributed by atoms with van der Waals surface area (Å²) in [5.41, 5.74) is -0.0170. The molecule has 22 heteroatoms. The Hall–Kier alpha value is -6.68. The van der Waals surface area contributed by atoms with E-state index in [1.165, 1.54) is 52.5 Å². The monoisotopic (exact) mass is 934 g/mol. The second kappa shape index (κ2) is 17.3. The molecule has 0 radical (unpaired) electrons. The largest absolute Gasteiger partial charge is 0.416 e. The molecular formula is C44H48F6N12O3Si. The summed E-state index contributed by atoms with van der Waals surface area (Å²) in [4.78, 5) is 46.4. The number of alkyl halides is 6. The minimum Gasteiger partial charge on any atom is -0.361 e. The number of carbonyl (C=O) groups is 2. The Morgan fingerprint density at radius 3 is 1.70 bits per heavy atom. The molecule has 6 heterocycles. The topological polar surface area (TPSA) is 175 Å². The second-order valence-corrected chi connectivity index (χ2v) is 24.6. The van der Waals surface area contributed by atoms with Crippen molar-refractivity contribution >= 4 is 64.0 Å². The highest BCUT2D eigenvalue weighted by molar-refractivity contribution is 6.76. The van der Waals surface area contributed by atoms with Crippen molar-refractivity contribution in [2.24, 2.45) is 0 Å². The molecule has 3 N–H and O–H groups in total. The van der Waals surface area contributed by atoms with Crippen LogP contribution in [0.4, 0.5) is 26.3 Å². The first-order chi connectivity index (χ1) is 30.6. The Bertz CT molecular complexity index is 3090. The summed E-state index contributed by atoms with van der Waals surface area (Å²) >= 11 is 0. The van der Waals surface area contributed by atoms with Crippen LogP contribution in [0.5, 0.6) is 0 Å². The summed E-state index contributed by atoms with van der Waals surface area (Å²) in [7, 11) is -1.27. The van der Waals surface area contributed by atoms with Gasteiger partial charge in [-0.2, -0.15) is 36.5 Å². The standard InChI is InChI=1S/C25H31F3N6O2Si.C19H17F3N6O/c1-24(2,3)32-23(35)18-14-33(15-36-9-10-37(4,5)6)22-21(18)31-20(13-29-22)34-19-11-17(25(26,27)28)8-7-16(19)12-30-34;1-18(2,3)27-17(29)12-8-23-16-15(12)26-14(9-24-16)28-13-6-11(19(20,21)22)5-4-10(13)7-25-28/h7-8,11-14H,9-10,15H2,1-6H3,(H,32,35);4-9H,1-3H3,(H,23,24)(H,27,29). The lowest BCUT2D eigenvalue weighted by Gasteiger charge is -2.20. The Balaban J connectivity index is 0.000000202. The third-order valence-corrected chi connectivity index (χ3v) is 11.5. The van der Waals surface area contributed by atoms with Crippen LogP contribution in [0.1, 0.15) is 73.4 Å². The van der Waals surface area contributed by atoms with E-state index in [2.05, 4.69) is 65.4 Å². The van der Waals surface area contributed by atoms with Gasteiger partial charge in [0.1, 0.15) is 17.8 Å². The maximum absolute atomic E-state index is 13.3. The van der Waals surface area contributed by atoms with Crippen LogP contribution >= 0.6 is 0 Å². The molecule has 66 heavy (non-hydrogen) atoms. The van der Waals surface area contributed by atoms with Crippen molar-refractivity contribution in [3.8, 4) is 11.6 Å². The van der Waals surface area contributed by atoms with Crippen LogP contribution in [0.3, 0.4) is 0 Å². The van der Waals surface area contributed by atoms with Crippen molar-refractivity contribution < 1.29 is 40.7 Å². The van der Waals surface area contributed by atoms with E-state index in [0.29, 0.717) is 45.3 Å². The molecule has 15 nitrogen and oxygen atoms in total. The number of nitrogens with zero attached hydrogens (tertiary/aromatic N) is 9. The molecule has 2 aromatic carbocycles. The zero-order valence-corrected chi connectivity index (χ0v) is 38.6. The maximum Gasteiger partial charge on any atom is 0.416 e. The van der Waals surface area contributed by atoms with Gasteiger partial charge in [-0.25, -0.2) is 29.3 Å². The molecular weight excluding hydrogens is 887 g/mol. The maximum atomic E-state index is 13.3. The van der Waals surface area contributed by atoms with E-state index >= 15 is 0 Å². The van der Waals surface area contributed by atoms with E-state index in [1.54, 1.807) is 10.8 Å². The number of benzene rings is 2. The van der Waals surface area contributed by atoms with Crippen LogP contribution in [0.25, 0.3) is 55.8 Å². The molecule has 8 rings (SSSR count). The summed E-state index contributed by atoms with van der Waals surface area (Å²) in [5.74, 6) is -0.269. The fourth-order valence-electron chi connectivity index (χ4n) is 6.68. The van der Waals surface area contributed by atoms with Gasteiger partial charge in [0.2, 0.25) is 0 Å². The number of nitrogens with one attached hydrogen (secondary N) is 3. The number of hydrogen-bond donors (Lipinski definition) is 3. The van der Waals surface area contributed by atoms with Gasteiger partial charge in [-0.1, -0.05) is 31.8 Å². The van der Waals surface area contributed by atoms with Crippen LogP contribution in [0.15, 0.2) is 73.6 Å². The minimum atomic E-state index is -4.50. The van der Waals surface area contributed by atoms with Crippen LogP contribution in [0, 0.1) is 0 Å². The normalized spacial score (nSPS) is 12.8. The smallest absolute Gasteiger partial charge is 0.361 e. The zero-order chi connectivity index (χ0) is 48.1. The molecule has 0 atom stereocenters. The Morgan fingerprint density at radius 2 is 1.20 bits per heavy atom. The summed E-state index contributed by atoms with van der Waals surface area (Å²) in [5, 5.41) is 15.2. The number of fused-ring (bicyclic) bond motifs is 4. The Labute approximate surface area is 375 Å². The van der Waals surface area contributed by atoms with Crippen molar-refractivity contribution in [1.82, 2.24) is 59.7 Å².